The van der Waals surface area contributed by atoms with E-state index < -0.39 is 0 Å². The molecule has 3 nitrogen and oxygen atoms in total. The molecule has 0 fully saturated rings. The maximum Gasteiger partial charge on any atom is 0.195 e. The Kier molecular flexibility index (Phi) is 2.46. The minimum Gasteiger partial charge on any atom is -0.335 e. The fraction of sp³-hybridized carbons (Fsp3) is 0.200. The van der Waals surface area contributed by atoms with Gasteiger partial charge in [-0.25, -0.2) is 4.98 Å². The van der Waals surface area contributed by atoms with Crippen LogP contribution in [0.25, 0.3) is 11.0 Å². The zero-order valence-corrected chi connectivity index (χ0v) is 6.66. The number of carbonyl (C=O) groups excluding carboxylic acids is 1. The number of hydrogen-bond donors (Lipinski definition) is 1. The molecule has 1 aromatic heterocycles. The van der Waals surface area contributed by atoms with E-state index in [1.165, 1.54) is 6.92 Å². The van der Waals surface area contributed by atoms with E-state index in [0.29, 0.717) is 5.82 Å². The number of imidazole rings is 1. The van der Waals surface area contributed by atoms with E-state index in [1.807, 2.05) is 24.3 Å². The van der Waals surface area contributed by atoms with Crippen molar-refractivity contribution in [1.29, 1.82) is 0 Å². The summed E-state index contributed by atoms with van der Waals surface area (Å²) in [7, 11) is 0. The first-order chi connectivity index (χ1) is 5.77. The molecule has 1 aromatic carbocycles. The van der Waals surface area contributed by atoms with Crippen LogP contribution in [0, 0.1) is 0 Å². The Morgan fingerprint density at radius 3 is 2.69 bits per heavy atom. The van der Waals surface area contributed by atoms with Gasteiger partial charge in [-0.3, -0.25) is 4.79 Å². The van der Waals surface area contributed by atoms with Crippen LogP contribution in [0.1, 0.15) is 25.0 Å². The van der Waals surface area contributed by atoms with E-state index in [0.717, 1.165) is 11.0 Å². The zero-order chi connectivity index (χ0) is 8.55. The molecule has 0 aliphatic heterocycles. The molecule has 0 aliphatic rings. The average molecular weight is 176 g/mol. The summed E-state index contributed by atoms with van der Waals surface area (Å²) >= 11 is 0. The first-order valence-corrected chi connectivity index (χ1v) is 3.73. The van der Waals surface area contributed by atoms with Gasteiger partial charge in [-0.05, 0) is 12.1 Å². The number of nitrogens with one attached hydrogen (secondary N) is 1. The highest BCUT2D eigenvalue weighted by atomic mass is 16.1. The van der Waals surface area contributed by atoms with E-state index in [1.54, 1.807) is 0 Å². The number of para-hydroxylation sites is 2. The molecular formula is C10H12N2O. The fourth-order valence-corrected chi connectivity index (χ4v) is 1.12. The van der Waals surface area contributed by atoms with Crippen LogP contribution >= 0.6 is 0 Å². The van der Waals surface area contributed by atoms with E-state index in [-0.39, 0.29) is 13.2 Å². The van der Waals surface area contributed by atoms with Gasteiger partial charge in [-0.2, -0.15) is 0 Å². The second-order valence-electron chi connectivity index (χ2n) is 2.66. The van der Waals surface area contributed by atoms with Crippen molar-refractivity contribution in [3.8, 4) is 0 Å². The summed E-state index contributed by atoms with van der Waals surface area (Å²) in [5, 5.41) is 0. The van der Waals surface area contributed by atoms with Crippen molar-refractivity contribution >= 4 is 16.8 Å². The molecule has 0 saturated heterocycles. The van der Waals surface area contributed by atoms with Crippen LogP contribution in [0.3, 0.4) is 0 Å². The maximum absolute atomic E-state index is 10.9. The summed E-state index contributed by atoms with van der Waals surface area (Å²) in [5.41, 5.74) is 1.74. The monoisotopic (exact) mass is 176 g/mol. The van der Waals surface area contributed by atoms with Crippen molar-refractivity contribution in [1.82, 2.24) is 9.97 Å². The number of aromatic amines is 1. The van der Waals surface area contributed by atoms with Crippen LogP contribution < -0.4 is 0 Å². The first kappa shape index (κ1) is 9.45. The smallest absolute Gasteiger partial charge is 0.195 e. The van der Waals surface area contributed by atoms with Gasteiger partial charge in [-0.15, -0.1) is 0 Å². The van der Waals surface area contributed by atoms with Crippen LogP contribution in [0.15, 0.2) is 24.3 Å². The molecule has 0 aliphatic carbocycles. The summed E-state index contributed by atoms with van der Waals surface area (Å²) in [6, 6.07) is 7.57. The van der Waals surface area contributed by atoms with Crippen LogP contribution in [0.2, 0.25) is 0 Å². The predicted octanol–water partition coefficient (Wildman–Crippen LogP) is 2.40. The highest BCUT2D eigenvalue weighted by Gasteiger charge is 2.04. The number of ketones is 1. The molecule has 68 valence electrons. The molecule has 1 N–H and O–H groups in total. The number of H-pyrrole nitrogens is 1. The average Bonchev–Trinajstić information content (AvgIpc) is 2.46. The summed E-state index contributed by atoms with van der Waals surface area (Å²) in [5.74, 6) is 0.391. The van der Waals surface area contributed by atoms with Crippen molar-refractivity contribution in [2.45, 2.75) is 14.4 Å². The van der Waals surface area contributed by atoms with Gasteiger partial charge in [0, 0.05) is 6.92 Å². The van der Waals surface area contributed by atoms with Crippen molar-refractivity contribution in [2.75, 3.05) is 0 Å². The molecular weight excluding hydrogens is 164 g/mol. The number of aromatic nitrogens is 2. The highest BCUT2D eigenvalue weighted by molar-refractivity contribution is 5.93. The lowest BCUT2D eigenvalue weighted by Crippen LogP contribution is -1.93. The summed E-state index contributed by atoms with van der Waals surface area (Å²) < 4.78 is 0. The summed E-state index contributed by atoms with van der Waals surface area (Å²) in [6.45, 7) is 1.50. The molecule has 0 amide bonds. The number of benzene rings is 1. The van der Waals surface area contributed by atoms with E-state index >= 15 is 0 Å². The number of hydrogen-bond acceptors (Lipinski definition) is 2. The molecule has 0 spiro atoms. The number of Topliss-reactive ketones (excluding diaryl/α,β-unsaturated/α-hetero) is 1. The van der Waals surface area contributed by atoms with E-state index in [9.17, 15) is 4.79 Å². The number of rotatable bonds is 1. The minimum atomic E-state index is -0.0359. The third kappa shape index (κ3) is 1.59. The third-order valence-electron chi connectivity index (χ3n) is 1.72. The lowest BCUT2D eigenvalue weighted by atomic mass is 10.3. The van der Waals surface area contributed by atoms with Gasteiger partial charge in [0.2, 0.25) is 0 Å². The van der Waals surface area contributed by atoms with Gasteiger partial charge < -0.3 is 4.98 Å². The van der Waals surface area contributed by atoms with Gasteiger partial charge in [0.15, 0.2) is 11.6 Å². The Balaban J connectivity index is 0.000000845. The van der Waals surface area contributed by atoms with Crippen LogP contribution in [-0.2, 0) is 0 Å². The molecule has 0 radical (unpaired) electrons. The van der Waals surface area contributed by atoms with Gasteiger partial charge in [0.1, 0.15) is 0 Å². The van der Waals surface area contributed by atoms with Gasteiger partial charge in [0.25, 0.3) is 0 Å². The lowest BCUT2D eigenvalue weighted by molar-refractivity contribution is 0.100. The molecule has 0 unspecified atom stereocenters. The summed E-state index contributed by atoms with van der Waals surface area (Å²) in [6.07, 6.45) is 0. The second kappa shape index (κ2) is 3.39. The highest BCUT2D eigenvalue weighted by Crippen LogP contribution is 2.09. The molecule has 2 rings (SSSR count). The predicted molar refractivity (Wildman–Crippen MR) is 52.8 cm³/mol. The van der Waals surface area contributed by atoms with Crippen molar-refractivity contribution in [2.24, 2.45) is 0 Å². The Morgan fingerprint density at radius 1 is 1.38 bits per heavy atom. The molecule has 1 heterocycles. The fourth-order valence-electron chi connectivity index (χ4n) is 1.12. The minimum absolute atomic E-state index is 0. The number of carbonyl (C=O) groups is 1. The number of fused-ring (bicyclic) bond motifs is 1. The lowest BCUT2D eigenvalue weighted by Gasteiger charge is -1.82. The second-order valence-corrected chi connectivity index (χ2v) is 2.66. The van der Waals surface area contributed by atoms with Crippen LogP contribution in [0.4, 0.5) is 0 Å². The molecule has 3 heteroatoms. The van der Waals surface area contributed by atoms with Crippen LogP contribution in [-0.4, -0.2) is 15.8 Å². The maximum atomic E-state index is 10.9. The number of nitrogens with zero attached hydrogens (tertiary/aromatic N) is 1. The van der Waals surface area contributed by atoms with E-state index in [4.69, 9.17) is 0 Å². The Hall–Kier alpha value is -1.64. The van der Waals surface area contributed by atoms with Gasteiger partial charge in [0.05, 0.1) is 11.0 Å². The van der Waals surface area contributed by atoms with Crippen molar-refractivity contribution in [3.05, 3.63) is 30.1 Å². The Morgan fingerprint density at radius 2 is 2.08 bits per heavy atom. The quantitative estimate of drug-likeness (QED) is 0.678. The van der Waals surface area contributed by atoms with E-state index in [2.05, 4.69) is 9.97 Å². The molecule has 2 aromatic rings. The normalized spacial score (nSPS) is 9.62. The molecule has 0 saturated carbocycles. The van der Waals surface area contributed by atoms with Crippen molar-refractivity contribution in [3.63, 3.8) is 0 Å². The van der Waals surface area contributed by atoms with Gasteiger partial charge in [-0.1, -0.05) is 19.6 Å². The van der Waals surface area contributed by atoms with Crippen molar-refractivity contribution < 1.29 is 4.79 Å². The van der Waals surface area contributed by atoms with Crippen LogP contribution in [0.5, 0.6) is 0 Å². The topological polar surface area (TPSA) is 45.8 Å². The largest absolute Gasteiger partial charge is 0.335 e. The Bertz CT molecular complexity index is 398. The molecule has 13 heavy (non-hydrogen) atoms. The van der Waals surface area contributed by atoms with Gasteiger partial charge >= 0.3 is 0 Å². The first-order valence-electron chi connectivity index (χ1n) is 3.73. The SMILES string of the molecule is C.CC(=O)c1nc2ccccc2[nH]1. The summed E-state index contributed by atoms with van der Waals surface area (Å²) in [4.78, 5) is 18.0. The molecule has 0 atom stereocenters. The Labute approximate surface area is 76.8 Å². The third-order valence-corrected chi connectivity index (χ3v) is 1.72. The standard InChI is InChI=1S/C9H8N2O.CH4/c1-6(12)9-10-7-4-2-3-5-8(7)11-9;/h2-5H,1H3,(H,10,11);1H4. The molecule has 0 bridgehead atoms. The zero-order valence-electron chi connectivity index (χ0n) is 6.66.